The lowest BCUT2D eigenvalue weighted by molar-refractivity contribution is 0.628. The van der Waals surface area contributed by atoms with Gasteiger partial charge in [-0.3, -0.25) is 4.90 Å². The number of nitrogen functional groups attached to an aromatic ring is 1. The van der Waals surface area contributed by atoms with Gasteiger partial charge in [-0.15, -0.1) is 11.3 Å². The second-order valence-electron chi connectivity index (χ2n) is 3.82. The number of thiophene rings is 1. The first kappa shape index (κ1) is 12.8. The number of thiocarbonyl (C=S) groups is 1. The molecule has 0 atom stereocenters. The third-order valence-electron chi connectivity index (χ3n) is 2.52. The molecule has 0 aliphatic rings. The van der Waals surface area contributed by atoms with E-state index < -0.39 is 0 Å². The number of nitrogens with zero attached hydrogens (tertiary/aromatic N) is 1. The summed E-state index contributed by atoms with van der Waals surface area (Å²) in [6, 6.07) is 4.13. The van der Waals surface area contributed by atoms with E-state index in [0.717, 1.165) is 11.3 Å². The van der Waals surface area contributed by atoms with E-state index in [1.54, 1.807) is 4.90 Å². The molecule has 1 aromatic heterocycles. The molecule has 0 fully saturated rings. The summed E-state index contributed by atoms with van der Waals surface area (Å²) in [7, 11) is 0. The van der Waals surface area contributed by atoms with Crippen LogP contribution in [0.25, 0.3) is 0 Å². The molecule has 4 N–H and O–H groups in total. The predicted molar refractivity (Wildman–Crippen MR) is 78.8 cm³/mol. The number of hydrogen-bond donors (Lipinski definition) is 2. The molecule has 0 unspecified atom stereocenters. The fourth-order valence-corrected chi connectivity index (χ4v) is 2.67. The largest absolute Gasteiger partial charge is 0.397 e. The highest BCUT2D eigenvalue weighted by atomic mass is 32.1. The zero-order valence-electron chi connectivity index (χ0n) is 9.68. The molecule has 1 aromatic carbocycles. The Morgan fingerprint density at radius 3 is 2.61 bits per heavy atom. The maximum Gasteiger partial charge on any atom is 0.175 e. The van der Waals surface area contributed by atoms with E-state index in [9.17, 15) is 4.39 Å². The minimum atomic E-state index is -0.381. The lowest BCUT2D eigenvalue weighted by Crippen LogP contribution is -2.32. The first-order valence-electron chi connectivity index (χ1n) is 5.18. The normalized spacial score (nSPS) is 10.3. The molecule has 1 heterocycles. The number of rotatable bonds is 2. The number of hydrogen-bond acceptors (Lipinski definition) is 3. The highest BCUT2D eigenvalue weighted by molar-refractivity contribution is 7.80. The fraction of sp³-hybridized carbons (Fsp3) is 0.0833. The molecule has 0 saturated carbocycles. The molecular weight excluding hydrogens is 269 g/mol. The highest BCUT2D eigenvalue weighted by Gasteiger charge is 2.18. The lowest BCUT2D eigenvalue weighted by atomic mass is 10.2. The summed E-state index contributed by atoms with van der Waals surface area (Å²) in [5.74, 6) is -0.381. The molecule has 18 heavy (non-hydrogen) atoms. The Kier molecular flexibility index (Phi) is 3.49. The van der Waals surface area contributed by atoms with Crippen LogP contribution < -0.4 is 16.4 Å². The van der Waals surface area contributed by atoms with Crippen LogP contribution in [-0.2, 0) is 0 Å². The number of aryl methyl sites for hydroxylation is 1. The van der Waals surface area contributed by atoms with Gasteiger partial charge in [0.15, 0.2) is 5.11 Å². The summed E-state index contributed by atoms with van der Waals surface area (Å²) in [6.07, 6.45) is 0. The van der Waals surface area contributed by atoms with Crippen molar-refractivity contribution in [2.24, 2.45) is 5.73 Å². The van der Waals surface area contributed by atoms with Crippen molar-refractivity contribution in [1.82, 2.24) is 0 Å². The Labute approximate surface area is 114 Å². The Morgan fingerprint density at radius 1 is 1.33 bits per heavy atom. The molecule has 3 nitrogen and oxygen atoms in total. The molecule has 2 rings (SSSR count). The molecule has 0 aliphatic carbocycles. The molecule has 0 aliphatic heterocycles. The summed E-state index contributed by atoms with van der Waals surface area (Å²) in [6.45, 7) is 1.94. The summed E-state index contributed by atoms with van der Waals surface area (Å²) < 4.78 is 13.3. The van der Waals surface area contributed by atoms with Gasteiger partial charge in [0, 0.05) is 11.4 Å². The summed E-state index contributed by atoms with van der Waals surface area (Å²) >= 11 is 6.57. The van der Waals surface area contributed by atoms with Gasteiger partial charge in [-0.25, -0.2) is 4.39 Å². The van der Waals surface area contributed by atoms with E-state index >= 15 is 0 Å². The van der Waals surface area contributed by atoms with Gasteiger partial charge in [-0.2, -0.15) is 0 Å². The van der Waals surface area contributed by atoms with Crippen LogP contribution in [0.3, 0.4) is 0 Å². The minimum absolute atomic E-state index is 0.133. The van der Waals surface area contributed by atoms with Gasteiger partial charge in [0.1, 0.15) is 5.82 Å². The van der Waals surface area contributed by atoms with Crippen molar-refractivity contribution >= 4 is 45.7 Å². The Hall–Kier alpha value is -1.66. The van der Waals surface area contributed by atoms with E-state index in [-0.39, 0.29) is 10.9 Å². The molecule has 0 amide bonds. The second kappa shape index (κ2) is 4.91. The zero-order valence-corrected chi connectivity index (χ0v) is 11.3. The van der Waals surface area contributed by atoms with Crippen LogP contribution in [0.4, 0.5) is 21.5 Å². The first-order valence-corrected chi connectivity index (χ1v) is 6.53. The first-order chi connectivity index (χ1) is 8.50. The quantitative estimate of drug-likeness (QED) is 0.656. The SMILES string of the molecule is Cc1cscc1N(C(N)=S)c1cc(F)ccc1N. The number of nitrogens with two attached hydrogens (primary N) is 2. The molecular formula is C12H12FN3S2. The predicted octanol–water partition coefficient (Wildman–Crippen LogP) is 3.16. The average Bonchev–Trinajstić information content (AvgIpc) is 2.70. The number of benzene rings is 1. The maximum absolute atomic E-state index is 13.3. The van der Waals surface area contributed by atoms with Crippen LogP contribution in [-0.4, -0.2) is 5.11 Å². The van der Waals surface area contributed by atoms with Gasteiger partial charge in [-0.05, 0) is 42.2 Å². The van der Waals surface area contributed by atoms with Gasteiger partial charge >= 0.3 is 0 Å². The Bertz CT molecular complexity index is 595. The minimum Gasteiger partial charge on any atom is -0.397 e. The van der Waals surface area contributed by atoms with Gasteiger partial charge in [0.25, 0.3) is 0 Å². The van der Waals surface area contributed by atoms with Crippen LogP contribution in [0.15, 0.2) is 29.0 Å². The van der Waals surface area contributed by atoms with Crippen molar-refractivity contribution in [3.63, 3.8) is 0 Å². The molecule has 0 spiro atoms. The molecule has 94 valence electrons. The third-order valence-corrected chi connectivity index (χ3v) is 3.55. The Morgan fingerprint density at radius 2 is 2.06 bits per heavy atom. The van der Waals surface area contributed by atoms with E-state index in [4.69, 9.17) is 23.7 Å². The zero-order chi connectivity index (χ0) is 13.3. The molecule has 0 radical (unpaired) electrons. The van der Waals surface area contributed by atoms with Crippen molar-refractivity contribution in [1.29, 1.82) is 0 Å². The third kappa shape index (κ3) is 2.30. The van der Waals surface area contributed by atoms with Crippen LogP contribution in [0.1, 0.15) is 5.56 Å². The van der Waals surface area contributed by atoms with Crippen molar-refractivity contribution < 1.29 is 4.39 Å². The highest BCUT2D eigenvalue weighted by Crippen LogP contribution is 2.34. The lowest BCUT2D eigenvalue weighted by Gasteiger charge is -2.24. The maximum atomic E-state index is 13.3. The van der Waals surface area contributed by atoms with E-state index in [0.29, 0.717) is 11.4 Å². The summed E-state index contributed by atoms with van der Waals surface area (Å²) in [5.41, 5.74) is 14.3. The molecule has 0 saturated heterocycles. The monoisotopic (exact) mass is 281 g/mol. The number of halogens is 1. The standard InChI is InChI=1S/C12H12FN3S2/c1-7-5-18-6-11(7)16(12(15)17)10-4-8(13)2-3-9(10)14/h2-6H,14H2,1H3,(H2,15,17). The van der Waals surface area contributed by atoms with Crippen LogP contribution in [0.2, 0.25) is 0 Å². The Balaban J connectivity index is 2.59. The van der Waals surface area contributed by atoms with Gasteiger partial charge in [0.2, 0.25) is 0 Å². The fourth-order valence-electron chi connectivity index (χ4n) is 1.66. The van der Waals surface area contributed by atoms with Crippen LogP contribution in [0.5, 0.6) is 0 Å². The van der Waals surface area contributed by atoms with E-state index in [1.807, 2.05) is 17.7 Å². The van der Waals surface area contributed by atoms with Crippen molar-refractivity contribution in [3.8, 4) is 0 Å². The second-order valence-corrected chi connectivity index (χ2v) is 4.98. The number of anilines is 3. The molecule has 2 aromatic rings. The average molecular weight is 281 g/mol. The summed E-state index contributed by atoms with van der Waals surface area (Å²) in [5, 5.41) is 4.00. The van der Waals surface area contributed by atoms with Gasteiger partial charge < -0.3 is 11.5 Å². The van der Waals surface area contributed by atoms with E-state index in [2.05, 4.69) is 0 Å². The smallest absolute Gasteiger partial charge is 0.175 e. The summed E-state index contributed by atoms with van der Waals surface area (Å²) in [4.78, 5) is 1.58. The molecule has 6 heteroatoms. The van der Waals surface area contributed by atoms with Crippen LogP contribution in [0, 0.1) is 12.7 Å². The van der Waals surface area contributed by atoms with Crippen molar-refractivity contribution in [3.05, 3.63) is 40.3 Å². The van der Waals surface area contributed by atoms with Gasteiger partial charge in [0.05, 0.1) is 17.1 Å². The van der Waals surface area contributed by atoms with E-state index in [1.165, 1.54) is 29.5 Å². The van der Waals surface area contributed by atoms with Gasteiger partial charge in [-0.1, -0.05) is 0 Å². The topological polar surface area (TPSA) is 55.3 Å². The van der Waals surface area contributed by atoms with Crippen LogP contribution >= 0.6 is 23.6 Å². The van der Waals surface area contributed by atoms with Crippen molar-refractivity contribution in [2.45, 2.75) is 6.92 Å². The van der Waals surface area contributed by atoms with Crippen molar-refractivity contribution in [2.75, 3.05) is 10.6 Å². The molecule has 0 bridgehead atoms.